The number of hydrogen-bond donors (Lipinski definition) is 1. The summed E-state index contributed by atoms with van der Waals surface area (Å²) in [7, 11) is 0. The Bertz CT molecular complexity index is 567. The van der Waals surface area contributed by atoms with Crippen molar-refractivity contribution >= 4 is 5.91 Å². The van der Waals surface area contributed by atoms with Crippen LogP contribution in [0.15, 0.2) is 24.3 Å². The summed E-state index contributed by atoms with van der Waals surface area (Å²) in [6.45, 7) is 5.49. The first-order valence-electron chi connectivity index (χ1n) is 9.63. The van der Waals surface area contributed by atoms with E-state index in [1.54, 1.807) is 0 Å². The third-order valence-corrected chi connectivity index (χ3v) is 5.21. The topological polar surface area (TPSA) is 62.2 Å². The van der Waals surface area contributed by atoms with E-state index in [9.17, 15) is 9.90 Å². The first kappa shape index (κ1) is 19.3. The Morgan fingerprint density at radius 2 is 1.92 bits per heavy atom. The normalized spacial score (nSPS) is 21.7. The van der Waals surface area contributed by atoms with Gasteiger partial charge in [0, 0.05) is 39.3 Å². The first-order chi connectivity index (χ1) is 12.8. The Morgan fingerprint density at radius 3 is 2.62 bits per heavy atom. The van der Waals surface area contributed by atoms with Gasteiger partial charge in [-0.25, -0.2) is 0 Å². The highest BCUT2D eigenvalue weighted by Crippen LogP contribution is 2.14. The average molecular weight is 362 g/mol. The van der Waals surface area contributed by atoms with Gasteiger partial charge in [-0.1, -0.05) is 24.3 Å². The molecule has 0 bridgehead atoms. The molecule has 0 radical (unpaired) electrons. The zero-order chi connectivity index (χ0) is 18.2. The molecule has 2 fully saturated rings. The van der Waals surface area contributed by atoms with E-state index < -0.39 is 0 Å². The summed E-state index contributed by atoms with van der Waals surface area (Å²) in [5.74, 6) is 0.0659. The van der Waals surface area contributed by atoms with E-state index >= 15 is 0 Å². The van der Waals surface area contributed by atoms with Crippen LogP contribution < -0.4 is 0 Å². The van der Waals surface area contributed by atoms with Crippen molar-refractivity contribution in [1.82, 2.24) is 9.80 Å². The molecule has 1 atom stereocenters. The number of rotatable bonds is 7. The van der Waals surface area contributed by atoms with Crippen LogP contribution in [-0.4, -0.2) is 72.9 Å². The lowest BCUT2D eigenvalue weighted by atomic mass is 10.1. The van der Waals surface area contributed by atoms with Crippen molar-refractivity contribution in [3.8, 4) is 0 Å². The van der Waals surface area contributed by atoms with Gasteiger partial charge in [0.15, 0.2) is 0 Å². The Hall–Kier alpha value is -1.47. The first-order valence-corrected chi connectivity index (χ1v) is 9.63. The van der Waals surface area contributed by atoms with Gasteiger partial charge in [-0.15, -0.1) is 0 Å². The van der Waals surface area contributed by atoms with Gasteiger partial charge >= 0.3 is 0 Å². The monoisotopic (exact) mass is 362 g/mol. The summed E-state index contributed by atoms with van der Waals surface area (Å²) in [4.78, 5) is 16.5. The van der Waals surface area contributed by atoms with E-state index in [2.05, 4.69) is 11.0 Å². The lowest BCUT2D eigenvalue weighted by Gasteiger charge is -2.35. The van der Waals surface area contributed by atoms with E-state index in [4.69, 9.17) is 9.47 Å². The number of carbonyl (C=O) groups is 1. The fourth-order valence-corrected chi connectivity index (χ4v) is 3.57. The number of carbonyl (C=O) groups excluding carboxylic acids is 1. The highest BCUT2D eigenvalue weighted by molar-refractivity contribution is 5.77. The smallest absolute Gasteiger partial charge is 0.248 e. The summed E-state index contributed by atoms with van der Waals surface area (Å²) >= 11 is 0. The number of ether oxygens (including phenoxy) is 2. The minimum atomic E-state index is 0.0659. The minimum Gasteiger partial charge on any atom is -0.392 e. The molecule has 2 aliphatic rings. The zero-order valence-corrected chi connectivity index (χ0v) is 15.4. The number of benzene rings is 1. The lowest BCUT2D eigenvalue weighted by Crippen LogP contribution is -2.49. The van der Waals surface area contributed by atoms with Crippen molar-refractivity contribution in [3.63, 3.8) is 0 Å². The van der Waals surface area contributed by atoms with Gasteiger partial charge in [0.25, 0.3) is 0 Å². The molecule has 6 nitrogen and oxygen atoms in total. The molecule has 3 rings (SSSR count). The largest absolute Gasteiger partial charge is 0.392 e. The van der Waals surface area contributed by atoms with Crippen LogP contribution in [0, 0.1) is 0 Å². The predicted molar refractivity (Wildman–Crippen MR) is 98.6 cm³/mol. The molecule has 1 amide bonds. The summed E-state index contributed by atoms with van der Waals surface area (Å²) in [6, 6.07) is 7.97. The van der Waals surface area contributed by atoms with Gasteiger partial charge in [0.1, 0.15) is 6.61 Å². The second kappa shape index (κ2) is 10.0. The fourth-order valence-electron chi connectivity index (χ4n) is 3.57. The van der Waals surface area contributed by atoms with E-state index in [0.717, 1.165) is 63.3 Å². The molecule has 0 saturated carbocycles. The number of nitrogens with zero attached hydrogens (tertiary/aromatic N) is 2. The third-order valence-electron chi connectivity index (χ3n) is 5.21. The minimum absolute atomic E-state index is 0.0659. The van der Waals surface area contributed by atoms with Gasteiger partial charge in [-0.05, 0) is 30.4 Å². The molecule has 0 aromatic heterocycles. The zero-order valence-electron chi connectivity index (χ0n) is 15.4. The summed E-state index contributed by atoms with van der Waals surface area (Å²) in [5, 5.41) is 9.45. The van der Waals surface area contributed by atoms with E-state index in [1.165, 1.54) is 6.42 Å². The van der Waals surface area contributed by atoms with Gasteiger partial charge in [-0.3, -0.25) is 9.69 Å². The predicted octanol–water partition coefficient (Wildman–Crippen LogP) is 1.41. The molecule has 2 heterocycles. The Balaban J connectivity index is 1.36. The van der Waals surface area contributed by atoms with Crippen molar-refractivity contribution in [2.45, 2.75) is 38.5 Å². The van der Waals surface area contributed by atoms with E-state index in [1.807, 2.05) is 23.1 Å². The van der Waals surface area contributed by atoms with E-state index in [-0.39, 0.29) is 25.2 Å². The second-order valence-corrected chi connectivity index (χ2v) is 7.09. The molecule has 6 heteroatoms. The molecular weight excluding hydrogens is 332 g/mol. The highest BCUT2D eigenvalue weighted by atomic mass is 16.5. The SMILES string of the molecule is O=C(COC[C@H]1CCCCO1)N1CCN(Cc2ccccc2CO)CC1. The number of amides is 1. The van der Waals surface area contributed by atoms with Crippen LogP contribution in [0.1, 0.15) is 30.4 Å². The van der Waals surface area contributed by atoms with Crippen molar-refractivity contribution in [2.24, 2.45) is 0 Å². The van der Waals surface area contributed by atoms with Gasteiger partial charge in [0.05, 0.1) is 19.3 Å². The second-order valence-electron chi connectivity index (χ2n) is 7.09. The standard InChI is InChI=1S/C20H30N2O4/c23-14-18-6-2-1-5-17(18)13-21-8-10-22(11-9-21)20(24)16-25-15-19-7-3-4-12-26-19/h1-2,5-6,19,23H,3-4,7-16H2/t19-/m1/s1. The molecule has 1 aromatic rings. The molecule has 2 aliphatic heterocycles. The Kier molecular flexibility index (Phi) is 7.43. The van der Waals surface area contributed by atoms with Gasteiger partial charge in [-0.2, -0.15) is 0 Å². The Morgan fingerprint density at radius 1 is 1.15 bits per heavy atom. The van der Waals surface area contributed by atoms with E-state index in [0.29, 0.717) is 6.61 Å². The van der Waals surface area contributed by atoms with Crippen molar-refractivity contribution in [1.29, 1.82) is 0 Å². The number of aliphatic hydroxyl groups excluding tert-OH is 1. The molecule has 0 aliphatic carbocycles. The van der Waals surface area contributed by atoms with Crippen LogP contribution in [0.25, 0.3) is 0 Å². The summed E-state index contributed by atoms with van der Waals surface area (Å²) in [6.07, 6.45) is 3.49. The molecular formula is C20H30N2O4. The lowest BCUT2D eigenvalue weighted by molar-refractivity contribution is -0.140. The fraction of sp³-hybridized carbons (Fsp3) is 0.650. The molecule has 26 heavy (non-hydrogen) atoms. The average Bonchev–Trinajstić information content (AvgIpc) is 2.70. The molecule has 1 aromatic carbocycles. The molecule has 0 spiro atoms. The maximum absolute atomic E-state index is 12.3. The molecule has 0 unspecified atom stereocenters. The Labute approximate surface area is 155 Å². The van der Waals surface area contributed by atoms with Crippen molar-refractivity contribution in [3.05, 3.63) is 35.4 Å². The van der Waals surface area contributed by atoms with Gasteiger partial charge in [0.2, 0.25) is 5.91 Å². The van der Waals surface area contributed by atoms with Crippen molar-refractivity contribution < 1.29 is 19.4 Å². The summed E-state index contributed by atoms with van der Waals surface area (Å²) < 4.78 is 11.2. The molecule has 144 valence electrons. The number of piperazine rings is 1. The summed E-state index contributed by atoms with van der Waals surface area (Å²) in [5.41, 5.74) is 2.13. The molecule has 1 N–H and O–H groups in total. The van der Waals surface area contributed by atoms with Crippen LogP contribution >= 0.6 is 0 Å². The van der Waals surface area contributed by atoms with Crippen LogP contribution in [0.2, 0.25) is 0 Å². The van der Waals surface area contributed by atoms with Crippen LogP contribution in [-0.2, 0) is 27.4 Å². The maximum atomic E-state index is 12.3. The van der Waals surface area contributed by atoms with Crippen LogP contribution in [0.3, 0.4) is 0 Å². The van der Waals surface area contributed by atoms with Gasteiger partial charge < -0.3 is 19.5 Å². The molecule has 2 saturated heterocycles. The third kappa shape index (κ3) is 5.51. The number of hydrogen-bond acceptors (Lipinski definition) is 5. The number of aliphatic hydroxyl groups is 1. The maximum Gasteiger partial charge on any atom is 0.248 e. The quantitative estimate of drug-likeness (QED) is 0.795. The highest BCUT2D eigenvalue weighted by Gasteiger charge is 2.22. The van der Waals surface area contributed by atoms with Crippen LogP contribution in [0.4, 0.5) is 0 Å². The van der Waals surface area contributed by atoms with Crippen LogP contribution in [0.5, 0.6) is 0 Å². The van der Waals surface area contributed by atoms with Crippen molar-refractivity contribution in [2.75, 3.05) is 46.0 Å².